The molecule has 3 saturated carbocycles. The average molecular weight is 456 g/mol. The SMILES string of the molecule is CC(=O)O[C@H]1CC[C@@]2(C)C(=CC[C@@H]3[C@@H]2CC[C@@]2(C)[C@H]3CCC2(C)I)C1. The third-order valence-corrected chi connectivity index (χ3v) is 10.7. The summed E-state index contributed by atoms with van der Waals surface area (Å²) in [7, 11) is 0. The number of ether oxygens (including phenoxy) is 1. The first-order valence-corrected chi connectivity index (χ1v) is 11.3. The molecule has 4 aliphatic rings. The molecule has 1 unspecified atom stereocenters. The lowest BCUT2D eigenvalue weighted by molar-refractivity contribution is -0.148. The van der Waals surface area contributed by atoms with E-state index >= 15 is 0 Å². The van der Waals surface area contributed by atoms with E-state index in [2.05, 4.69) is 49.4 Å². The average Bonchev–Trinajstić information content (AvgIpc) is 2.77. The largest absolute Gasteiger partial charge is 0.462 e. The second-order valence-corrected chi connectivity index (χ2v) is 12.3. The maximum Gasteiger partial charge on any atom is 0.302 e. The van der Waals surface area contributed by atoms with Crippen LogP contribution in [0.1, 0.15) is 79.1 Å². The molecule has 0 heterocycles. The Morgan fingerprint density at radius 2 is 1.84 bits per heavy atom. The number of alkyl halides is 1. The first-order chi connectivity index (χ1) is 11.7. The molecule has 0 aromatic carbocycles. The molecule has 3 fully saturated rings. The molecule has 140 valence electrons. The summed E-state index contributed by atoms with van der Waals surface area (Å²) >= 11 is 2.77. The van der Waals surface area contributed by atoms with Crippen molar-refractivity contribution in [2.45, 2.75) is 88.6 Å². The topological polar surface area (TPSA) is 26.3 Å². The van der Waals surface area contributed by atoms with E-state index in [1.807, 2.05) is 0 Å². The molecule has 0 aromatic rings. The number of hydrogen-bond acceptors (Lipinski definition) is 2. The van der Waals surface area contributed by atoms with Crippen molar-refractivity contribution < 1.29 is 9.53 Å². The van der Waals surface area contributed by atoms with Gasteiger partial charge in [0.15, 0.2) is 0 Å². The highest BCUT2D eigenvalue weighted by Crippen LogP contribution is 2.68. The number of esters is 1. The van der Waals surface area contributed by atoms with Crippen LogP contribution in [0.3, 0.4) is 0 Å². The van der Waals surface area contributed by atoms with E-state index in [1.165, 1.54) is 38.5 Å². The summed E-state index contributed by atoms with van der Waals surface area (Å²) in [5.41, 5.74) is 2.47. The number of carbonyl (C=O) groups excluding carboxylic acids is 1. The first-order valence-electron chi connectivity index (χ1n) is 10.2. The third-order valence-electron chi connectivity index (χ3n) is 8.90. The van der Waals surface area contributed by atoms with Crippen molar-refractivity contribution in [2.24, 2.45) is 28.6 Å². The summed E-state index contributed by atoms with van der Waals surface area (Å²) in [4.78, 5) is 11.4. The first kappa shape index (κ1) is 18.3. The number of rotatable bonds is 1. The number of allylic oxidation sites excluding steroid dienone is 1. The van der Waals surface area contributed by atoms with Crippen LogP contribution in [-0.2, 0) is 9.53 Å². The van der Waals surface area contributed by atoms with E-state index in [9.17, 15) is 4.79 Å². The Labute approximate surface area is 166 Å². The Morgan fingerprint density at radius 3 is 2.56 bits per heavy atom. The fourth-order valence-corrected chi connectivity index (χ4v) is 8.16. The summed E-state index contributed by atoms with van der Waals surface area (Å²) in [5, 5.41) is 0. The molecule has 0 spiro atoms. The van der Waals surface area contributed by atoms with E-state index in [0.29, 0.717) is 14.3 Å². The summed E-state index contributed by atoms with van der Waals surface area (Å²) in [5.74, 6) is 2.49. The molecule has 0 radical (unpaired) electrons. The second kappa shape index (κ2) is 5.97. The molecule has 7 atom stereocenters. The molecule has 0 saturated heterocycles. The van der Waals surface area contributed by atoms with Crippen molar-refractivity contribution in [3.8, 4) is 0 Å². The Kier molecular flexibility index (Phi) is 4.37. The minimum absolute atomic E-state index is 0.117. The quantitative estimate of drug-likeness (QED) is 0.207. The van der Waals surface area contributed by atoms with Crippen molar-refractivity contribution in [3.63, 3.8) is 0 Å². The minimum Gasteiger partial charge on any atom is -0.462 e. The predicted octanol–water partition coefficient (Wildman–Crippen LogP) is 6.07. The molecular weight excluding hydrogens is 423 g/mol. The molecule has 0 aliphatic heterocycles. The zero-order valence-electron chi connectivity index (χ0n) is 16.2. The van der Waals surface area contributed by atoms with Crippen molar-refractivity contribution >= 4 is 28.6 Å². The summed E-state index contributed by atoms with van der Waals surface area (Å²) in [6.07, 6.45) is 12.8. The minimum atomic E-state index is -0.122. The standard InChI is InChI=1S/C22H33IO2/c1-14(24)25-16-7-10-20(2)15(13-16)5-6-17-18(20)8-11-21(3)19(17)9-12-22(21,4)23/h5,16-19H,6-13H2,1-4H3/t16-,17+,18-,19-,20-,21-,22?/m0/s1. The van der Waals surface area contributed by atoms with E-state index in [0.717, 1.165) is 30.6 Å². The monoisotopic (exact) mass is 456 g/mol. The van der Waals surface area contributed by atoms with Gasteiger partial charge in [-0.25, -0.2) is 0 Å². The molecule has 4 aliphatic carbocycles. The highest BCUT2D eigenvalue weighted by molar-refractivity contribution is 14.1. The van der Waals surface area contributed by atoms with Gasteiger partial charge in [-0.15, -0.1) is 0 Å². The normalized spacial score (nSPS) is 51.8. The van der Waals surface area contributed by atoms with Gasteiger partial charge in [0.05, 0.1) is 0 Å². The zero-order chi connectivity index (χ0) is 18.0. The van der Waals surface area contributed by atoms with Crippen molar-refractivity contribution in [2.75, 3.05) is 0 Å². The molecule has 25 heavy (non-hydrogen) atoms. The van der Waals surface area contributed by atoms with Gasteiger partial charge in [-0.2, -0.15) is 0 Å². The summed E-state index contributed by atoms with van der Waals surface area (Å²) < 4.78 is 6.02. The fourth-order valence-electron chi connectivity index (χ4n) is 7.17. The lowest BCUT2D eigenvalue weighted by Crippen LogP contribution is -2.52. The van der Waals surface area contributed by atoms with Gasteiger partial charge in [-0.1, -0.05) is 55.0 Å². The van der Waals surface area contributed by atoms with Gasteiger partial charge in [-0.05, 0) is 73.5 Å². The predicted molar refractivity (Wildman–Crippen MR) is 110 cm³/mol. The Bertz CT molecular complexity index is 609. The maximum atomic E-state index is 11.4. The molecule has 0 N–H and O–H groups in total. The van der Waals surface area contributed by atoms with Gasteiger partial charge in [-0.3, -0.25) is 4.79 Å². The van der Waals surface area contributed by atoms with Crippen LogP contribution >= 0.6 is 22.6 Å². The highest BCUT2D eigenvalue weighted by Gasteiger charge is 2.61. The Morgan fingerprint density at radius 1 is 1.12 bits per heavy atom. The van der Waals surface area contributed by atoms with Gasteiger partial charge in [0, 0.05) is 16.8 Å². The molecule has 3 heteroatoms. The molecule has 0 amide bonds. The zero-order valence-corrected chi connectivity index (χ0v) is 18.4. The second-order valence-electron chi connectivity index (χ2n) is 9.93. The van der Waals surface area contributed by atoms with E-state index in [1.54, 1.807) is 12.5 Å². The smallest absolute Gasteiger partial charge is 0.302 e. The van der Waals surface area contributed by atoms with Crippen molar-refractivity contribution in [3.05, 3.63) is 11.6 Å². The number of halogens is 1. The van der Waals surface area contributed by atoms with E-state index in [-0.39, 0.29) is 12.1 Å². The van der Waals surface area contributed by atoms with Gasteiger partial charge in [0.25, 0.3) is 0 Å². The van der Waals surface area contributed by atoms with E-state index < -0.39 is 0 Å². The van der Waals surface area contributed by atoms with Gasteiger partial charge >= 0.3 is 5.97 Å². The van der Waals surface area contributed by atoms with Gasteiger partial charge in [0.2, 0.25) is 0 Å². The highest BCUT2D eigenvalue weighted by atomic mass is 127. The molecule has 0 bridgehead atoms. The lowest BCUT2D eigenvalue weighted by atomic mass is 9.47. The molecule has 0 aromatic heterocycles. The summed E-state index contributed by atoms with van der Waals surface area (Å²) in [6, 6.07) is 0. The Balaban J connectivity index is 1.60. The molecule has 4 rings (SSSR count). The molecule has 2 nitrogen and oxygen atoms in total. The van der Waals surface area contributed by atoms with E-state index in [4.69, 9.17) is 4.74 Å². The van der Waals surface area contributed by atoms with Crippen LogP contribution in [0.4, 0.5) is 0 Å². The van der Waals surface area contributed by atoms with Gasteiger partial charge < -0.3 is 4.74 Å². The molecular formula is C22H33IO2. The van der Waals surface area contributed by atoms with Crippen LogP contribution in [-0.4, -0.2) is 15.5 Å². The van der Waals surface area contributed by atoms with Crippen LogP contribution < -0.4 is 0 Å². The van der Waals surface area contributed by atoms with Crippen LogP contribution in [0.15, 0.2) is 11.6 Å². The van der Waals surface area contributed by atoms with Crippen LogP contribution in [0, 0.1) is 28.6 Å². The summed E-state index contributed by atoms with van der Waals surface area (Å²) in [6.45, 7) is 9.17. The maximum absolute atomic E-state index is 11.4. The van der Waals surface area contributed by atoms with Gasteiger partial charge in [0.1, 0.15) is 6.10 Å². The van der Waals surface area contributed by atoms with Crippen LogP contribution in [0.2, 0.25) is 0 Å². The fraction of sp³-hybridized carbons (Fsp3) is 0.864. The van der Waals surface area contributed by atoms with Crippen LogP contribution in [0.25, 0.3) is 0 Å². The van der Waals surface area contributed by atoms with Crippen molar-refractivity contribution in [1.29, 1.82) is 0 Å². The van der Waals surface area contributed by atoms with Crippen LogP contribution in [0.5, 0.6) is 0 Å². The van der Waals surface area contributed by atoms with Crippen molar-refractivity contribution in [1.82, 2.24) is 0 Å². The Hall–Kier alpha value is -0.0600. The number of hydrogen-bond donors (Lipinski definition) is 0. The third kappa shape index (κ3) is 2.65. The number of fused-ring (bicyclic) bond motifs is 5. The number of carbonyl (C=O) groups is 1. The lowest BCUT2D eigenvalue weighted by Gasteiger charge is -2.59.